The van der Waals surface area contributed by atoms with Crippen molar-refractivity contribution >= 4 is 11.9 Å². The van der Waals surface area contributed by atoms with Crippen molar-refractivity contribution in [2.45, 2.75) is 45.5 Å². The summed E-state index contributed by atoms with van der Waals surface area (Å²) in [5.41, 5.74) is 4.92. The first-order valence-electron chi connectivity index (χ1n) is 10.6. The lowest BCUT2D eigenvalue weighted by Gasteiger charge is -2.11. The molecule has 0 radical (unpaired) electrons. The van der Waals surface area contributed by atoms with Gasteiger partial charge in [0.05, 0.1) is 0 Å². The molecular formula is C27H30O6. The normalized spacial score (nSPS) is 12.1. The van der Waals surface area contributed by atoms with Gasteiger partial charge in [0, 0.05) is 12.8 Å². The molecule has 0 unspecified atom stereocenters. The highest BCUT2D eigenvalue weighted by atomic mass is 16.5. The van der Waals surface area contributed by atoms with Gasteiger partial charge in [-0.25, -0.2) is 9.59 Å². The number of aliphatic carboxylic acids is 1. The second kappa shape index (κ2) is 13.2. The average molecular weight is 451 g/mol. The highest BCUT2D eigenvalue weighted by molar-refractivity contribution is 5.74. The second-order valence-electron chi connectivity index (χ2n) is 7.84. The summed E-state index contributed by atoms with van der Waals surface area (Å²) in [7, 11) is 0. The van der Waals surface area contributed by atoms with E-state index in [0.717, 1.165) is 27.8 Å². The molecule has 3 aromatic rings. The third-order valence-corrected chi connectivity index (χ3v) is 4.88. The summed E-state index contributed by atoms with van der Waals surface area (Å²) in [6.45, 7) is 4.14. The van der Waals surface area contributed by atoms with Crippen molar-refractivity contribution in [1.29, 1.82) is 0 Å². The first kappa shape index (κ1) is 25.8. The zero-order valence-corrected chi connectivity index (χ0v) is 18.8. The maximum Gasteiger partial charge on any atom is 0.335 e. The van der Waals surface area contributed by atoms with Crippen LogP contribution in [-0.4, -0.2) is 39.5 Å². The molecule has 0 spiro atoms. The van der Waals surface area contributed by atoms with Crippen LogP contribution < -0.4 is 0 Å². The average Bonchev–Trinajstić information content (AvgIpc) is 2.81. The Bertz CT molecular complexity index is 997. The molecule has 0 fully saturated rings. The van der Waals surface area contributed by atoms with Gasteiger partial charge in [-0.2, -0.15) is 0 Å². The molecular weight excluding hydrogens is 420 g/mol. The minimum absolute atomic E-state index is 0.162. The van der Waals surface area contributed by atoms with Gasteiger partial charge in [0.15, 0.2) is 12.2 Å². The van der Waals surface area contributed by atoms with E-state index in [4.69, 9.17) is 14.9 Å². The van der Waals surface area contributed by atoms with Crippen LogP contribution in [0.15, 0.2) is 78.9 Å². The standard InChI is InChI=1S/C17H18O3.C10H12O3/c1-13-7-9-14(10-8-13)11-16(18)17(19)20-12-15-5-3-2-4-6-15;1-7-2-4-8(5-3-7)6-9(11)10(12)13/h2-10,16,18H,11-12H2,1H3;2-5,9,11H,6H2,1H3,(H,12,13)/t16-;9-/m00/s1. The molecule has 0 aliphatic rings. The third-order valence-electron chi connectivity index (χ3n) is 4.88. The molecule has 0 amide bonds. The molecule has 0 bridgehead atoms. The molecule has 3 N–H and O–H groups in total. The van der Waals surface area contributed by atoms with Gasteiger partial charge in [0.1, 0.15) is 6.61 Å². The lowest BCUT2D eigenvalue weighted by Crippen LogP contribution is -2.25. The van der Waals surface area contributed by atoms with Crippen molar-refractivity contribution < 1.29 is 29.6 Å². The number of carbonyl (C=O) groups is 2. The largest absolute Gasteiger partial charge is 0.479 e. The number of aryl methyl sites for hydroxylation is 2. The lowest BCUT2D eigenvalue weighted by molar-refractivity contribution is -0.154. The SMILES string of the molecule is Cc1ccc(C[C@H](O)C(=O)O)cc1.Cc1ccc(C[C@H](O)C(=O)OCc2ccccc2)cc1. The van der Waals surface area contributed by atoms with Crippen molar-refractivity contribution in [2.24, 2.45) is 0 Å². The van der Waals surface area contributed by atoms with E-state index in [1.54, 1.807) is 0 Å². The van der Waals surface area contributed by atoms with E-state index in [1.807, 2.05) is 92.7 Å². The summed E-state index contributed by atoms with van der Waals surface area (Å²) in [5, 5.41) is 27.3. The summed E-state index contributed by atoms with van der Waals surface area (Å²) in [4.78, 5) is 22.0. The number of benzene rings is 3. The van der Waals surface area contributed by atoms with E-state index in [-0.39, 0.29) is 19.4 Å². The molecule has 3 rings (SSSR count). The fourth-order valence-corrected chi connectivity index (χ4v) is 2.89. The van der Waals surface area contributed by atoms with Crippen LogP contribution in [0.3, 0.4) is 0 Å². The Morgan fingerprint density at radius 2 is 1.15 bits per heavy atom. The summed E-state index contributed by atoms with van der Waals surface area (Å²) >= 11 is 0. The Kier molecular flexibility index (Phi) is 10.3. The van der Waals surface area contributed by atoms with Crippen LogP contribution in [0.25, 0.3) is 0 Å². The third kappa shape index (κ3) is 9.68. The van der Waals surface area contributed by atoms with E-state index in [2.05, 4.69) is 0 Å². The van der Waals surface area contributed by atoms with Crippen LogP contribution in [0, 0.1) is 13.8 Å². The smallest absolute Gasteiger partial charge is 0.335 e. The van der Waals surface area contributed by atoms with Crippen LogP contribution >= 0.6 is 0 Å². The van der Waals surface area contributed by atoms with Crippen molar-refractivity contribution in [2.75, 3.05) is 0 Å². The number of carboxylic acid groups (broad SMARTS) is 1. The van der Waals surface area contributed by atoms with Crippen LogP contribution in [0.5, 0.6) is 0 Å². The van der Waals surface area contributed by atoms with Crippen molar-refractivity contribution in [3.05, 3.63) is 107 Å². The number of aliphatic hydroxyl groups is 2. The number of hydrogen-bond donors (Lipinski definition) is 3. The van der Waals surface area contributed by atoms with Crippen LogP contribution in [0.4, 0.5) is 0 Å². The maximum atomic E-state index is 11.7. The Morgan fingerprint density at radius 3 is 1.61 bits per heavy atom. The number of aliphatic hydroxyl groups excluding tert-OH is 2. The van der Waals surface area contributed by atoms with Gasteiger partial charge < -0.3 is 20.1 Å². The molecule has 6 nitrogen and oxygen atoms in total. The molecule has 0 aliphatic carbocycles. The van der Waals surface area contributed by atoms with Crippen molar-refractivity contribution in [3.8, 4) is 0 Å². The Labute approximate surface area is 194 Å². The monoisotopic (exact) mass is 450 g/mol. The zero-order chi connectivity index (χ0) is 24.2. The van der Waals surface area contributed by atoms with Gasteiger partial charge in [-0.15, -0.1) is 0 Å². The van der Waals surface area contributed by atoms with Gasteiger partial charge in [-0.3, -0.25) is 0 Å². The first-order valence-corrected chi connectivity index (χ1v) is 10.6. The molecule has 33 heavy (non-hydrogen) atoms. The van der Waals surface area contributed by atoms with E-state index < -0.39 is 24.1 Å². The number of hydrogen-bond acceptors (Lipinski definition) is 5. The highest BCUT2D eigenvalue weighted by Crippen LogP contribution is 2.09. The van der Waals surface area contributed by atoms with E-state index in [0.29, 0.717) is 0 Å². The fraction of sp³-hybridized carbons (Fsp3) is 0.259. The number of carbonyl (C=O) groups excluding carboxylic acids is 1. The van der Waals surface area contributed by atoms with E-state index in [1.165, 1.54) is 0 Å². The molecule has 174 valence electrons. The Morgan fingerprint density at radius 1 is 0.697 bits per heavy atom. The first-order chi connectivity index (χ1) is 15.7. The van der Waals surface area contributed by atoms with Crippen LogP contribution in [0.2, 0.25) is 0 Å². The highest BCUT2D eigenvalue weighted by Gasteiger charge is 2.17. The quantitative estimate of drug-likeness (QED) is 0.453. The Balaban J connectivity index is 0.000000257. The predicted octanol–water partition coefficient (Wildman–Crippen LogP) is 3.62. The van der Waals surface area contributed by atoms with Gasteiger partial charge in [-0.1, -0.05) is 90.0 Å². The van der Waals surface area contributed by atoms with Gasteiger partial charge in [-0.05, 0) is 30.5 Å². The number of rotatable bonds is 8. The zero-order valence-electron chi connectivity index (χ0n) is 18.8. The van der Waals surface area contributed by atoms with Gasteiger partial charge in [0.2, 0.25) is 0 Å². The molecule has 0 saturated heterocycles. The second-order valence-corrected chi connectivity index (χ2v) is 7.84. The fourth-order valence-electron chi connectivity index (χ4n) is 2.89. The summed E-state index contributed by atoms with van der Waals surface area (Å²) in [5.74, 6) is -1.77. The summed E-state index contributed by atoms with van der Waals surface area (Å²) in [6, 6.07) is 24.6. The molecule has 0 aliphatic heterocycles. The topological polar surface area (TPSA) is 104 Å². The number of esters is 1. The molecule has 2 atom stereocenters. The molecule has 6 heteroatoms. The predicted molar refractivity (Wildman–Crippen MR) is 126 cm³/mol. The lowest BCUT2D eigenvalue weighted by atomic mass is 10.1. The molecule has 3 aromatic carbocycles. The van der Waals surface area contributed by atoms with E-state index in [9.17, 15) is 14.7 Å². The van der Waals surface area contributed by atoms with Gasteiger partial charge >= 0.3 is 11.9 Å². The maximum absolute atomic E-state index is 11.7. The molecule has 0 aromatic heterocycles. The van der Waals surface area contributed by atoms with Crippen LogP contribution in [-0.2, 0) is 33.8 Å². The molecule has 0 saturated carbocycles. The summed E-state index contributed by atoms with van der Waals surface area (Å²) in [6.07, 6.45) is -1.99. The minimum Gasteiger partial charge on any atom is -0.479 e. The van der Waals surface area contributed by atoms with Crippen LogP contribution in [0.1, 0.15) is 27.8 Å². The van der Waals surface area contributed by atoms with Gasteiger partial charge in [0.25, 0.3) is 0 Å². The minimum atomic E-state index is -1.30. The Hall–Kier alpha value is -3.48. The van der Waals surface area contributed by atoms with Crippen molar-refractivity contribution in [3.63, 3.8) is 0 Å². The van der Waals surface area contributed by atoms with Crippen molar-refractivity contribution in [1.82, 2.24) is 0 Å². The van der Waals surface area contributed by atoms with E-state index >= 15 is 0 Å². The number of ether oxygens (including phenoxy) is 1. The summed E-state index contributed by atoms with van der Waals surface area (Å²) < 4.78 is 5.10. The number of carboxylic acids is 1. The molecule has 0 heterocycles.